The van der Waals surface area contributed by atoms with Gasteiger partial charge in [0.05, 0.1) is 5.71 Å². The van der Waals surface area contributed by atoms with E-state index in [1.807, 2.05) is 32.9 Å². The fourth-order valence-corrected chi connectivity index (χ4v) is 4.17. The van der Waals surface area contributed by atoms with Crippen LogP contribution >= 0.6 is 0 Å². The summed E-state index contributed by atoms with van der Waals surface area (Å²) in [6, 6.07) is 5.65. The molecule has 1 aliphatic carbocycles. The van der Waals surface area contributed by atoms with E-state index in [4.69, 9.17) is 10.6 Å². The average molecular weight is 409 g/mol. The third kappa shape index (κ3) is 4.92. The number of nitrogens with zero attached hydrogens (tertiary/aromatic N) is 1. The van der Waals surface area contributed by atoms with E-state index in [-0.39, 0.29) is 5.92 Å². The molecule has 4 nitrogen and oxygen atoms in total. The minimum Gasteiger partial charge on any atom is -0.388 e. The van der Waals surface area contributed by atoms with Crippen molar-refractivity contribution in [3.05, 3.63) is 69.8 Å². The van der Waals surface area contributed by atoms with Crippen molar-refractivity contribution in [1.29, 1.82) is 0 Å². The van der Waals surface area contributed by atoms with Crippen molar-refractivity contribution >= 4 is 11.6 Å². The highest BCUT2D eigenvalue weighted by Gasteiger charge is 2.43. The summed E-state index contributed by atoms with van der Waals surface area (Å²) < 4.78 is 0. The van der Waals surface area contributed by atoms with E-state index in [0.29, 0.717) is 5.56 Å². The Morgan fingerprint density at radius 2 is 1.90 bits per heavy atom. The van der Waals surface area contributed by atoms with Crippen molar-refractivity contribution in [2.24, 2.45) is 16.8 Å². The molecule has 1 amide bonds. The minimum atomic E-state index is -0.425. The quantitative estimate of drug-likeness (QED) is 0.625. The SMILES string of the molecule is CC.CCC1=CC(C)=CC(C2(C)CC(c3ccc(C(N)=O)c(C)c3)=NO2)C(CC)=C1. The Morgan fingerprint density at radius 1 is 1.20 bits per heavy atom. The Kier molecular flexibility index (Phi) is 7.83. The predicted molar refractivity (Wildman–Crippen MR) is 126 cm³/mol. The molecule has 1 aliphatic heterocycles. The molecule has 0 saturated heterocycles. The Balaban J connectivity index is 0.00000155. The van der Waals surface area contributed by atoms with E-state index >= 15 is 0 Å². The summed E-state index contributed by atoms with van der Waals surface area (Å²) in [6.45, 7) is 14.6. The second-order valence-corrected chi connectivity index (χ2v) is 8.05. The first-order chi connectivity index (χ1) is 14.3. The van der Waals surface area contributed by atoms with Crippen molar-refractivity contribution in [1.82, 2.24) is 0 Å². The van der Waals surface area contributed by atoms with E-state index in [1.54, 1.807) is 6.07 Å². The van der Waals surface area contributed by atoms with Gasteiger partial charge in [-0.3, -0.25) is 4.79 Å². The van der Waals surface area contributed by atoms with Crippen LogP contribution in [0.3, 0.4) is 0 Å². The van der Waals surface area contributed by atoms with E-state index < -0.39 is 11.5 Å². The lowest BCUT2D eigenvalue weighted by molar-refractivity contribution is -0.0261. The van der Waals surface area contributed by atoms with Gasteiger partial charge in [0.1, 0.15) is 0 Å². The summed E-state index contributed by atoms with van der Waals surface area (Å²) in [5, 5.41) is 4.44. The number of carbonyl (C=O) groups excluding carboxylic acids is 1. The molecule has 3 rings (SSSR count). The molecule has 1 aromatic carbocycles. The largest absolute Gasteiger partial charge is 0.388 e. The number of allylic oxidation sites excluding steroid dienone is 4. The summed E-state index contributed by atoms with van der Waals surface area (Å²) in [7, 11) is 0. The third-order valence-electron chi connectivity index (χ3n) is 5.80. The predicted octanol–water partition coefficient (Wildman–Crippen LogP) is 6.25. The molecular formula is C26H36N2O2. The first-order valence-corrected chi connectivity index (χ1v) is 11.0. The zero-order valence-electron chi connectivity index (χ0n) is 19.5. The van der Waals surface area contributed by atoms with Crippen LogP contribution in [0.25, 0.3) is 0 Å². The fourth-order valence-electron chi connectivity index (χ4n) is 4.17. The second kappa shape index (κ2) is 9.92. The first-order valence-electron chi connectivity index (χ1n) is 11.0. The molecule has 2 unspecified atom stereocenters. The zero-order valence-corrected chi connectivity index (χ0v) is 19.5. The number of hydrogen-bond acceptors (Lipinski definition) is 3. The molecule has 0 bridgehead atoms. The Labute approximate surface area is 181 Å². The molecule has 2 aliphatic rings. The number of amides is 1. The standard InChI is InChI=1S/C24H30N2O2.C2H6/c1-6-17-10-15(3)11-21(18(7-2)13-17)24(5)14-22(26-28-24)19-8-9-20(23(25)27)16(4)12-19;1-2/h8-13,21H,6-7,14H2,1-5H3,(H2,25,27);1-2H3. The highest BCUT2D eigenvalue weighted by atomic mass is 16.7. The number of carbonyl (C=O) groups is 1. The van der Waals surface area contributed by atoms with Crippen LogP contribution in [0.5, 0.6) is 0 Å². The van der Waals surface area contributed by atoms with Gasteiger partial charge in [0.25, 0.3) is 0 Å². The molecule has 162 valence electrons. The van der Waals surface area contributed by atoms with Gasteiger partial charge in [-0.2, -0.15) is 0 Å². The molecule has 1 heterocycles. The fraction of sp³-hybridized carbons (Fsp3) is 0.462. The molecule has 0 saturated carbocycles. The molecule has 2 atom stereocenters. The van der Waals surface area contributed by atoms with E-state index in [1.165, 1.54) is 16.7 Å². The number of nitrogens with two attached hydrogens (primary N) is 1. The number of hydrogen-bond donors (Lipinski definition) is 1. The number of benzene rings is 1. The average Bonchev–Trinajstić information content (AvgIpc) is 3.04. The van der Waals surface area contributed by atoms with Gasteiger partial charge in [-0.05, 0) is 62.4 Å². The van der Waals surface area contributed by atoms with Crippen LogP contribution in [0, 0.1) is 12.8 Å². The minimum absolute atomic E-state index is 0.171. The lowest BCUT2D eigenvalue weighted by atomic mass is 9.77. The number of rotatable bonds is 5. The first kappa shape index (κ1) is 23.7. The number of aryl methyl sites for hydroxylation is 1. The molecule has 0 aromatic heterocycles. The summed E-state index contributed by atoms with van der Waals surface area (Å²) >= 11 is 0. The third-order valence-corrected chi connectivity index (χ3v) is 5.80. The Bertz CT molecular complexity index is 921. The zero-order chi connectivity index (χ0) is 22.5. The van der Waals surface area contributed by atoms with Gasteiger partial charge < -0.3 is 10.6 Å². The molecule has 0 radical (unpaired) electrons. The molecule has 1 aromatic rings. The van der Waals surface area contributed by atoms with Crippen molar-refractivity contribution in [3.63, 3.8) is 0 Å². The van der Waals surface area contributed by atoms with Gasteiger partial charge in [-0.1, -0.05) is 68.3 Å². The summed E-state index contributed by atoms with van der Waals surface area (Å²) in [5.74, 6) is -0.237. The van der Waals surface area contributed by atoms with Crippen LogP contribution in [0.15, 0.2) is 58.3 Å². The molecule has 4 heteroatoms. The maximum Gasteiger partial charge on any atom is 0.248 e. The lowest BCUT2D eigenvalue weighted by Crippen LogP contribution is -2.35. The van der Waals surface area contributed by atoms with E-state index in [9.17, 15) is 4.79 Å². The van der Waals surface area contributed by atoms with Gasteiger partial charge in [0, 0.05) is 17.9 Å². The summed E-state index contributed by atoms with van der Waals surface area (Å²) in [6.07, 6.45) is 9.63. The Hall–Kier alpha value is -2.62. The van der Waals surface area contributed by atoms with Crippen LogP contribution < -0.4 is 5.73 Å². The Morgan fingerprint density at radius 3 is 2.47 bits per heavy atom. The molecule has 0 fully saturated rings. The van der Waals surface area contributed by atoms with Crippen molar-refractivity contribution < 1.29 is 9.63 Å². The van der Waals surface area contributed by atoms with Crippen LogP contribution in [0.2, 0.25) is 0 Å². The molecule has 30 heavy (non-hydrogen) atoms. The van der Waals surface area contributed by atoms with Gasteiger partial charge in [0.2, 0.25) is 5.91 Å². The molecule has 2 N–H and O–H groups in total. The topological polar surface area (TPSA) is 64.7 Å². The second-order valence-electron chi connectivity index (χ2n) is 8.05. The molecular weight excluding hydrogens is 372 g/mol. The van der Waals surface area contributed by atoms with Crippen LogP contribution in [-0.2, 0) is 4.84 Å². The van der Waals surface area contributed by atoms with Crippen LogP contribution in [-0.4, -0.2) is 17.2 Å². The van der Waals surface area contributed by atoms with Gasteiger partial charge in [0.15, 0.2) is 5.60 Å². The number of oxime groups is 1. The normalized spacial score (nSPS) is 23.1. The summed E-state index contributed by atoms with van der Waals surface area (Å²) in [5.41, 5.74) is 12.3. The monoisotopic (exact) mass is 408 g/mol. The van der Waals surface area contributed by atoms with Crippen LogP contribution in [0.1, 0.15) is 82.3 Å². The highest BCUT2D eigenvalue weighted by Crippen LogP contribution is 2.41. The van der Waals surface area contributed by atoms with Crippen molar-refractivity contribution in [3.8, 4) is 0 Å². The van der Waals surface area contributed by atoms with E-state index in [2.05, 4.69) is 51.1 Å². The summed E-state index contributed by atoms with van der Waals surface area (Å²) in [4.78, 5) is 17.6. The highest BCUT2D eigenvalue weighted by molar-refractivity contribution is 6.03. The van der Waals surface area contributed by atoms with Gasteiger partial charge in [-0.15, -0.1) is 0 Å². The number of primary amides is 1. The van der Waals surface area contributed by atoms with E-state index in [0.717, 1.165) is 36.1 Å². The molecule has 0 spiro atoms. The van der Waals surface area contributed by atoms with Crippen LogP contribution in [0.4, 0.5) is 0 Å². The lowest BCUT2D eigenvalue weighted by Gasteiger charge is -2.31. The smallest absolute Gasteiger partial charge is 0.248 e. The van der Waals surface area contributed by atoms with Gasteiger partial charge in [-0.25, -0.2) is 0 Å². The van der Waals surface area contributed by atoms with Crippen molar-refractivity contribution in [2.75, 3.05) is 0 Å². The maximum absolute atomic E-state index is 11.5. The maximum atomic E-state index is 11.5. The van der Waals surface area contributed by atoms with Crippen molar-refractivity contribution in [2.45, 2.75) is 73.3 Å². The van der Waals surface area contributed by atoms with Gasteiger partial charge >= 0.3 is 0 Å².